The molecule has 0 saturated heterocycles. The van der Waals surface area contributed by atoms with Gasteiger partial charge in [-0.3, -0.25) is 4.79 Å². The summed E-state index contributed by atoms with van der Waals surface area (Å²) in [5.74, 6) is -0.816. The number of nitrogens with one attached hydrogen (secondary N) is 3. The minimum Gasteiger partial charge on any atom is -0.347 e. The van der Waals surface area contributed by atoms with Crippen molar-refractivity contribution in [2.75, 3.05) is 10.6 Å². The van der Waals surface area contributed by atoms with Crippen LogP contribution in [0.5, 0.6) is 0 Å². The summed E-state index contributed by atoms with van der Waals surface area (Å²) in [5.41, 5.74) is 3.57. The van der Waals surface area contributed by atoms with Crippen LogP contribution in [-0.2, 0) is 6.54 Å². The number of aryl methyl sites for hydroxylation is 1. The molecule has 0 aliphatic rings. The number of hydrogen-bond acceptors (Lipinski definition) is 3. The minimum atomic E-state index is -0.427. The Hall–Kier alpha value is -4.46. The number of urea groups is 1. The fraction of sp³-hybridized carbons (Fsp3) is 0.0800. The average Bonchev–Trinajstić information content (AvgIpc) is 3.28. The summed E-state index contributed by atoms with van der Waals surface area (Å²) in [6.07, 6.45) is 1.53. The topological polar surface area (TPSA) is 88.0 Å². The highest BCUT2D eigenvalue weighted by molar-refractivity contribution is 5.99. The van der Waals surface area contributed by atoms with Gasteiger partial charge in [0, 0.05) is 24.1 Å². The third-order valence-electron chi connectivity index (χ3n) is 4.83. The SMILES string of the molecule is Cc1cccc(NC(=O)Nc2cccc(CNC(=O)c3ccn(-c4ccccc4F)n3)c2)c1. The highest BCUT2D eigenvalue weighted by atomic mass is 19.1. The Morgan fingerprint density at radius 3 is 2.39 bits per heavy atom. The Morgan fingerprint density at radius 2 is 1.64 bits per heavy atom. The maximum absolute atomic E-state index is 13.9. The Labute approximate surface area is 190 Å². The number of carbonyl (C=O) groups is 2. The van der Waals surface area contributed by atoms with Crippen molar-refractivity contribution in [3.63, 3.8) is 0 Å². The van der Waals surface area contributed by atoms with Crippen molar-refractivity contribution in [2.45, 2.75) is 13.5 Å². The zero-order valence-electron chi connectivity index (χ0n) is 17.9. The number of nitrogens with zero attached hydrogens (tertiary/aromatic N) is 2. The number of rotatable bonds is 6. The van der Waals surface area contributed by atoms with E-state index in [0.717, 1.165) is 11.1 Å². The van der Waals surface area contributed by atoms with Crippen molar-refractivity contribution in [2.24, 2.45) is 0 Å². The second kappa shape index (κ2) is 9.78. The van der Waals surface area contributed by atoms with Gasteiger partial charge < -0.3 is 16.0 Å². The van der Waals surface area contributed by atoms with Crippen LogP contribution < -0.4 is 16.0 Å². The van der Waals surface area contributed by atoms with Crippen molar-refractivity contribution >= 4 is 23.3 Å². The molecule has 4 rings (SSSR count). The fourth-order valence-corrected chi connectivity index (χ4v) is 3.26. The molecule has 3 amide bonds. The van der Waals surface area contributed by atoms with Crippen molar-refractivity contribution in [3.8, 4) is 5.69 Å². The molecular formula is C25H22FN5O2. The lowest BCUT2D eigenvalue weighted by Gasteiger charge is -2.10. The van der Waals surface area contributed by atoms with Gasteiger partial charge in [0.1, 0.15) is 11.5 Å². The Balaban J connectivity index is 1.34. The monoisotopic (exact) mass is 443 g/mol. The number of para-hydroxylation sites is 1. The minimum absolute atomic E-state index is 0.171. The summed E-state index contributed by atoms with van der Waals surface area (Å²) in [7, 11) is 0. The highest BCUT2D eigenvalue weighted by Gasteiger charge is 2.12. The van der Waals surface area contributed by atoms with Crippen molar-refractivity contribution < 1.29 is 14.0 Å². The van der Waals surface area contributed by atoms with Crippen LogP contribution in [-0.4, -0.2) is 21.7 Å². The molecule has 33 heavy (non-hydrogen) atoms. The maximum Gasteiger partial charge on any atom is 0.323 e. The Kier molecular flexibility index (Phi) is 6.45. The first-order valence-corrected chi connectivity index (χ1v) is 10.3. The van der Waals surface area contributed by atoms with E-state index in [1.54, 1.807) is 36.4 Å². The van der Waals surface area contributed by atoms with E-state index in [2.05, 4.69) is 21.0 Å². The second-order valence-corrected chi connectivity index (χ2v) is 7.43. The van der Waals surface area contributed by atoms with Gasteiger partial charge in [0.25, 0.3) is 5.91 Å². The first-order chi connectivity index (χ1) is 16.0. The van der Waals surface area contributed by atoms with E-state index in [0.29, 0.717) is 11.4 Å². The van der Waals surface area contributed by atoms with Gasteiger partial charge in [0.05, 0.1) is 0 Å². The maximum atomic E-state index is 13.9. The van der Waals surface area contributed by atoms with Gasteiger partial charge in [-0.2, -0.15) is 5.10 Å². The molecule has 0 unspecified atom stereocenters. The molecular weight excluding hydrogens is 421 g/mol. The number of halogens is 1. The van der Waals surface area contributed by atoms with E-state index in [1.807, 2.05) is 37.3 Å². The molecule has 3 aromatic carbocycles. The standard InChI is InChI=1S/C25H22FN5O2/c1-17-6-4-8-19(14-17)28-25(33)29-20-9-5-7-18(15-20)16-27-24(32)22-12-13-31(30-22)23-11-3-2-10-21(23)26/h2-15H,16H2,1H3,(H,27,32)(H2,28,29,33). The summed E-state index contributed by atoms with van der Waals surface area (Å²) < 4.78 is 15.2. The van der Waals surface area contributed by atoms with Gasteiger partial charge in [0.2, 0.25) is 0 Å². The molecule has 1 aromatic heterocycles. The third kappa shape index (κ3) is 5.62. The Morgan fingerprint density at radius 1 is 0.909 bits per heavy atom. The van der Waals surface area contributed by atoms with Crippen LogP contribution >= 0.6 is 0 Å². The molecule has 0 atom stereocenters. The van der Waals surface area contributed by atoms with Gasteiger partial charge in [0.15, 0.2) is 5.69 Å². The number of carbonyl (C=O) groups excluding carboxylic acids is 2. The lowest BCUT2D eigenvalue weighted by Crippen LogP contribution is -2.24. The second-order valence-electron chi connectivity index (χ2n) is 7.43. The summed E-state index contributed by atoms with van der Waals surface area (Å²) in [6.45, 7) is 2.19. The molecule has 7 nitrogen and oxygen atoms in total. The van der Waals surface area contributed by atoms with Crippen LogP contribution in [0.3, 0.4) is 0 Å². The van der Waals surface area contributed by atoms with Crippen molar-refractivity contribution in [3.05, 3.63) is 108 Å². The first kappa shape index (κ1) is 21.8. The van der Waals surface area contributed by atoms with Crippen LogP contribution in [0, 0.1) is 12.7 Å². The van der Waals surface area contributed by atoms with Crippen molar-refractivity contribution in [1.29, 1.82) is 0 Å². The van der Waals surface area contributed by atoms with E-state index >= 15 is 0 Å². The van der Waals surface area contributed by atoms with E-state index in [9.17, 15) is 14.0 Å². The molecule has 0 radical (unpaired) electrons. The molecule has 0 aliphatic carbocycles. The fourth-order valence-electron chi connectivity index (χ4n) is 3.26. The Bertz CT molecular complexity index is 1300. The highest BCUT2D eigenvalue weighted by Crippen LogP contribution is 2.14. The molecule has 0 bridgehead atoms. The first-order valence-electron chi connectivity index (χ1n) is 10.3. The molecule has 0 saturated carbocycles. The van der Waals surface area contributed by atoms with Gasteiger partial charge in [-0.25, -0.2) is 13.9 Å². The zero-order chi connectivity index (χ0) is 23.2. The molecule has 3 N–H and O–H groups in total. The van der Waals surface area contributed by atoms with Gasteiger partial charge in [-0.1, -0.05) is 36.4 Å². The van der Waals surface area contributed by atoms with Gasteiger partial charge >= 0.3 is 6.03 Å². The third-order valence-corrected chi connectivity index (χ3v) is 4.83. The van der Waals surface area contributed by atoms with Crippen LogP contribution in [0.1, 0.15) is 21.6 Å². The van der Waals surface area contributed by atoms with Crippen LogP contribution in [0.15, 0.2) is 85.1 Å². The van der Waals surface area contributed by atoms with Crippen molar-refractivity contribution in [1.82, 2.24) is 15.1 Å². The largest absolute Gasteiger partial charge is 0.347 e. The number of aromatic nitrogens is 2. The lowest BCUT2D eigenvalue weighted by molar-refractivity contribution is 0.0945. The number of anilines is 2. The molecule has 4 aromatic rings. The molecule has 0 fully saturated rings. The zero-order valence-corrected chi connectivity index (χ0v) is 17.9. The van der Waals surface area contributed by atoms with Crippen LogP contribution in [0.2, 0.25) is 0 Å². The van der Waals surface area contributed by atoms with E-state index < -0.39 is 5.82 Å². The smallest absolute Gasteiger partial charge is 0.323 e. The van der Waals surface area contributed by atoms with Gasteiger partial charge in [-0.05, 0) is 60.5 Å². The molecule has 0 aliphatic heterocycles. The van der Waals surface area contributed by atoms with E-state index in [1.165, 1.54) is 23.0 Å². The quantitative estimate of drug-likeness (QED) is 0.396. The molecule has 8 heteroatoms. The lowest BCUT2D eigenvalue weighted by atomic mass is 10.2. The molecule has 1 heterocycles. The summed E-state index contributed by atoms with van der Waals surface area (Å²) in [5, 5.41) is 12.5. The summed E-state index contributed by atoms with van der Waals surface area (Å²) in [6, 6.07) is 22.0. The predicted molar refractivity (Wildman–Crippen MR) is 125 cm³/mol. The average molecular weight is 443 g/mol. The summed E-state index contributed by atoms with van der Waals surface area (Å²) in [4.78, 5) is 24.8. The number of benzene rings is 3. The predicted octanol–water partition coefficient (Wildman–Crippen LogP) is 4.89. The molecule has 166 valence electrons. The number of hydrogen-bond donors (Lipinski definition) is 3. The van der Waals surface area contributed by atoms with Gasteiger partial charge in [-0.15, -0.1) is 0 Å². The normalized spacial score (nSPS) is 10.5. The van der Waals surface area contributed by atoms with Crippen LogP contribution in [0.4, 0.5) is 20.6 Å². The van der Waals surface area contributed by atoms with E-state index in [4.69, 9.17) is 0 Å². The van der Waals surface area contributed by atoms with E-state index in [-0.39, 0.29) is 29.9 Å². The molecule has 0 spiro atoms. The summed E-state index contributed by atoms with van der Waals surface area (Å²) >= 11 is 0. The van der Waals surface area contributed by atoms with Crippen LogP contribution in [0.25, 0.3) is 5.69 Å². The number of amides is 3.